The van der Waals surface area contributed by atoms with E-state index < -0.39 is 0 Å². The molecule has 0 N–H and O–H groups in total. The lowest BCUT2D eigenvalue weighted by molar-refractivity contribution is -0.595. The molecule has 2 heterocycles. The molecule has 0 spiro atoms. The van der Waals surface area contributed by atoms with Crippen molar-refractivity contribution in [3.8, 4) is 28.7 Å². The molecule has 0 atom stereocenters. The van der Waals surface area contributed by atoms with E-state index in [2.05, 4.69) is 0 Å². The van der Waals surface area contributed by atoms with Crippen LogP contribution in [0.3, 0.4) is 0 Å². The lowest BCUT2D eigenvalue weighted by Crippen LogP contribution is -2.28. The molecule has 0 saturated carbocycles. The lowest BCUT2D eigenvalue weighted by atomic mass is 10.2. The van der Waals surface area contributed by atoms with E-state index in [1.165, 1.54) is 0 Å². The van der Waals surface area contributed by atoms with Gasteiger partial charge < -0.3 is 9.47 Å². The van der Waals surface area contributed by atoms with Gasteiger partial charge in [0.05, 0.1) is 6.07 Å². The number of hydrogen-bond acceptors (Lipinski definition) is 2. The highest BCUT2D eigenvalue weighted by Gasteiger charge is 2.20. The van der Waals surface area contributed by atoms with Crippen molar-refractivity contribution in [1.82, 2.24) is 0 Å². The summed E-state index contributed by atoms with van der Waals surface area (Å²) >= 11 is 0. The molecular weight excluding hydrogens is 250 g/mol. The molecular formula is C17H12NO2+. The molecule has 20 heavy (non-hydrogen) atoms. The Morgan fingerprint density at radius 3 is 2.00 bits per heavy atom. The Bertz CT molecular complexity index is 769. The second-order valence-corrected chi connectivity index (χ2v) is 4.56. The Balaban J connectivity index is 1.77. The summed E-state index contributed by atoms with van der Waals surface area (Å²) in [6, 6.07) is 19.6. The molecule has 1 aliphatic rings. The number of pyridine rings is 1. The maximum absolute atomic E-state index is 5.90. The first-order chi connectivity index (χ1) is 9.90. The first-order valence-corrected chi connectivity index (χ1v) is 6.46. The summed E-state index contributed by atoms with van der Waals surface area (Å²) in [5, 5.41) is 0. The van der Waals surface area contributed by atoms with Crippen molar-refractivity contribution >= 4 is 0 Å². The molecule has 0 aliphatic carbocycles. The molecule has 3 nitrogen and oxygen atoms in total. The number of para-hydroxylation sites is 2. The highest BCUT2D eigenvalue weighted by atomic mass is 16.6. The van der Waals surface area contributed by atoms with Crippen molar-refractivity contribution in [3.05, 3.63) is 73.1 Å². The zero-order valence-electron chi connectivity index (χ0n) is 10.7. The van der Waals surface area contributed by atoms with E-state index in [0.717, 1.165) is 28.7 Å². The lowest BCUT2D eigenvalue weighted by Gasteiger charge is -2.19. The van der Waals surface area contributed by atoms with Crippen LogP contribution < -0.4 is 14.0 Å². The van der Waals surface area contributed by atoms with E-state index in [-0.39, 0.29) is 0 Å². The standard InChI is InChI=1S/C17H12NO2/c1-4-10-18(11-5-1)13-8-9-16-17(12-13)20-15-7-3-2-6-14(15)19-16/h1-12H/q+1. The van der Waals surface area contributed by atoms with E-state index >= 15 is 0 Å². The number of hydrogen-bond donors (Lipinski definition) is 0. The van der Waals surface area contributed by atoms with Crippen LogP contribution in [0.25, 0.3) is 5.69 Å². The summed E-state index contributed by atoms with van der Waals surface area (Å²) in [4.78, 5) is 0. The second kappa shape index (κ2) is 4.38. The predicted molar refractivity (Wildman–Crippen MR) is 74.6 cm³/mol. The first-order valence-electron chi connectivity index (χ1n) is 6.46. The Hall–Kier alpha value is -2.81. The zero-order chi connectivity index (χ0) is 13.4. The molecule has 2 aromatic carbocycles. The Kier molecular flexibility index (Phi) is 2.42. The summed E-state index contributed by atoms with van der Waals surface area (Å²) in [7, 11) is 0. The molecule has 3 heteroatoms. The molecule has 1 aliphatic heterocycles. The van der Waals surface area contributed by atoms with Crippen LogP contribution in [0.1, 0.15) is 0 Å². The van der Waals surface area contributed by atoms with Gasteiger partial charge in [-0.3, -0.25) is 0 Å². The van der Waals surface area contributed by atoms with Crippen LogP contribution in [0.15, 0.2) is 73.1 Å². The number of benzene rings is 2. The molecule has 0 saturated heterocycles. The predicted octanol–water partition coefficient (Wildman–Crippen LogP) is 3.86. The zero-order valence-corrected chi connectivity index (χ0v) is 10.7. The molecule has 0 fully saturated rings. The van der Waals surface area contributed by atoms with Crippen LogP contribution in [0.5, 0.6) is 23.0 Å². The van der Waals surface area contributed by atoms with Crippen LogP contribution in [0.4, 0.5) is 0 Å². The minimum Gasteiger partial charge on any atom is -0.450 e. The summed E-state index contributed by atoms with van der Waals surface area (Å²) in [5.74, 6) is 2.97. The third-order valence-corrected chi connectivity index (χ3v) is 3.23. The van der Waals surface area contributed by atoms with Gasteiger partial charge in [0.2, 0.25) is 5.69 Å². The van der Waals surface area contributed by atoms with E-state index in [1.807, 2.05) is 77.6 Å². The summed E-state index contributed by atoms with van der Waals surface area (Å²) in [6.07, 6.45) is 4.00. The summed E-state index contributed by atoms with van der Waals surface area (Å²) < 4.78 is 13.8. The molecule has 0 radical (unpaired) electrons. The van der Waals surface area contributed by atoms with Gasteiger partial charge in [0, 0.05) is 18.2 Å². The Labute approximate surface area is 116 Å². The van der Waals surface area contributed by atoms with Gasteiger partial charge in [0.15, 0.2) is 35.4 Å². The fourth-order valence-corrected chi connectivity index (χ4v) is 2.25. The third kappa shape index (κ3) is 1.80. The molecule has 4 rings (SSSR count). The second-order valence-electron chi connectivity index (χ2n) is 4.56. The molecule has 0 unspecified atom stereocenters. The van der Waals surface area contributed by atoms with Crippen molar-refractivity contribution in [2.24, 2.45) is 0 Å². The normalized spacial score (nSPS) is 11.8. The molecule has 1 aromatic heterocycles. The van der Waals surface area contributed by atoms with Crippen LogP contribution in [-0.2, 0) is 0 Å². The molecule has 0 bridgehead atoms. The van der Waals surface area contributed by atoms with E-state index in [1.54, 1.807) is 0 Å². The number of fused-ring (bicyclic) bond motifs is 2. The maximum atomic E-state index is 5.90. The largest absolute Gasteiger partial charge is 0.450 e. The van der Waals surface area contributed by atoms with Crippen molar-refractivity contribution in [3.63, 3.8) is 0 Å². The highest BCUT2D eigenvalue weighted by molar-refractivity contribution is 5.56. The average Bonchev–Trinajstić information content (AvgIpc) is 2.53. The topological polar surface area (TPSA) is 22.3 Å². The third-order valence-electron chi connectivity index (χ3n) is 3.23. The first kappa shape index (κ1) is 11.1. The molecule has 3 aromatic rings. The highest BCUT2D eigenvalue weighted by Crippen LogP contribution is 2.45. The van der Waals surface area contributed by atoms with Crippen molar-refractivity contribution in [2.75, 3.05) is 0 Å². The minimum absolute atomic E-state index is 0.734. The summed E-state index contributed by atoms with van der Waals surface area (Å²) in [6.45, 7) is 0. The van der Waals surface area contributed by atoms with Gasteiger partial charge >= 0.3 is 0 Å². The minimum atomic E-state index is 0.734. The van der Waals surface area contributed by atoms with Crippen molar-refractivity contribution in [1.29, 1.82) is 0 Å². The van der Waals surface area contributed by atoms with Gasteiger partial charge in [-0.1, -0.05) is 18.2 Å². The van der Waals surface area contributed by atoms with Gasteiger partial charge in [0.1, 0.15) is 0 Å². The van der Waals surface area contributed by atoms with Gasteiger partial charge in [0.25, 0.3) is 0 Å². The van der Waals surface area contributed by atoms with Gasteiger partial charge in [-0.15, -0.1) is 0 Å². The van der Waals surface area contributed by atoms with E-state index in [9.17, 15) is 0 Å². The van der Waals surface area contributed by atoms with Crippen molar-refractivity contribution in [2.45, 2.75) is 0 Å². The quantitative estimate of drug-likeness (QED) is 0.486. The maximum Gasteiger partial charge on any atom is 0.214 e. The monoisotopic (exact) mass is 262 g/mol. The van der Waals surface area contributed by atoms with Crippen LogP contribution in [-0.4, -0.2) is 0 Å². The van der Waals surface area contributed by atoms with Crippen LogP contribution in [0, 0.1) is 0 Å². The smallest absolute Gasteiger partial charge is 0.214 e. The Morgan fingerprint density at radius 1 is 0.600 bits per heavy atom. The summed E-state index contributed by atoms with van der Waals surface area (Å²) in [5.41, 5.74) is 1.03. The van der Waals surface area contributed by atoms with Gasteiger partial charge in [-0.05, 0) is 18.2 Å². The van der Waals surface area contributed by atoms with E-state index in [0.29, 0.717) is 0 Å². The van der Waals surface area contributed by atoms with Crippen LogP contribution >= 0.6 is 0 Å². The fraction of sp³-hybridized carbons (Fsp3) is 0. The number of rotatable bonds is 1. The number of ether oxygens (including phenoxy) is 2. The Morgan fingerprint density at radius 2 is 1.25 bits per heavy atom. The van der Waals surface area contributed by atoms with Gasteiger partial charge in [-0.2, -0.15) is 4.57 Å². The number of aromatic nitrogens is 1. The molecule has 96 valence electrons. The number of nitrogens with zero attached hydrogens (tertiary/aromatic N) is 1. The van der Waals surface area contributed by atoms with Gasteiger partial charge in [-0.25, -0.2) is 0 Å². The fourth-order valence-electron chi connectivity index (χ4n) is 2.25. The average molecular weight is 262 g/mol. The SMILES string of the molecule is c1cc[n+](-c2ccc3c(c2)Oc2ccccc2O3)cc1. The van der Waals surface area contributed by atoms with E-state index in [4.69, 9.17) is 9.47 Å². The van der Waals surface area contributed by atoms with Crippen molar-refractivity contribution < 1.29 is 14.0 Å². The molecule has 0 amide bonds. The van der Waals surface area contributed by atoms with Crippen LogP contribution in [0.2, 0.25) is 0 Å².